The van der Waals surface area contributed by atoms with Crippen molar-refractivity contribution < 1.29 is 38.4 Å². The van der Waals surface area contributed by atoms with Crippen LogP contribution in [-0.2, 0) is 45.0 Å². The van der Waals surface area contributed by atoms with E-state index in [-0.39, 0.29) is 75.4 Å². The Bertz CT molecular complexity index is 2010. The van der Waals surface area contributed by atoms with Gasteiger partial charge in [-0.25, -0.2) is 10.7 Å². The number of carbonyl (C=O) groups is 6. The van der Waals surface area contributed by atoms with E-state index < -0.39 is 17.8 Å². The molecule has 17 heteroatoms. The number of azide groups is 1. The van der Waals surface area contributed by atoms with Crippen LogP contribution in [0, 0.1) is 29.6 Å². The molecular formula is C54H90N8O8S. The SMILES string of the molecule is C.C.C=C(C)C(C)C.CC(C)C(=O)N1Cc2ccccc2C#Cc2ccccc21.CC(C)C(=O)ON1C(=O)CCC1=O.CC(C)N.CC(C)N1C(=O)C=CC1=O.CC(C)N=[N+]=[N-].CC(C)ON.CC(C)S. The topological polar surface area (TPSA) is 231 Å². The predicted octanol–water partition coefficient (Wildman–Crippen LogP) is 11.3. The van der Waals surface area contributed by atoms with Crippen molar-refractivity contribution >= 4 is 53.8 Å². The van der Waals surface area contributed by atoms with Crippen molar-refractivity contribution in [1.82, 2.24) is 9.96 Å². The van der Waals surface area contributed by atoms with Gasteiger partial charge in [0.05, 0.1) is 24.3 Å². The molecule has 0 spiro atoms. The first-order chi connectivity index (χ1) is 32.0. The second-order valence-corrected chi connectivity index (χ2v) is 19.0. The zero-order valence-electron chi connectivity index (χ0n) is 44.3. The summed E-state index contributed by atoms with van der Waals surface area (Å²) in [6, 6.07) is 16.3. The van der Waals surface area contributed by atoms with Crippen LogP contribution in [0.1, 0.15) is 162 Å². The standard InChI is InChI=1S/C19H17NO.C8H11NO4.C7H9NO2.C6H12.C3H7N3.C3H9NO.C3H9N.C3H8S.2CH4/c1-14(2)19(21)20-13-17-9-4-3-7-15(17)11-12-16-8-5-6-10-18(16)20;1-5(2)8(12)13-9-6(10)3-4-7(9)11;1-5(2)8-6(9)3-4-7(8)10;1-5(2)6(3)4;1-3(2)5-6-4;1-3(2)5-4;2*1-3(2)4;;/h3-10,14H,13H2,1-2H3;5H,3-4H2,1-2H3;3-5H,1-2H3;6H,1H2,2-4H3;3H,1-2H3;3H,4H2,1-2H3;3H,4H2,1-2H3;3-4H,1-2H3;2*1H4. The summed E-state index contributed by atoms with van der Waals surface area (Å²) in [5, 5.41) is 4.39. The Morgan fingerprint density at radius 3 is 1.46 bits per heavy atom. The van der Waals surface area contributed by atoms with Gasteiger partial charge in [-0.1, -0.05) is 157 Å². The summed E-state index contributed by atoms with van der Waals surface area (Å²) < 4.78 is 0. The third-order valence-electron chi connectivity index (χ3n) is 8.19. The number of thiol groups is 1. The van der Waals surface area contributed by atoms with Gasteiger partial charge in [0.15, 0.2) is 0 Å². The molecule has 0 atom stereocenters. The van der Waals surface area contributed by atoms with Gasteiger partial charge in [0, 0.05) is 59.0 Å². The predicted molar refractivity (Wildman–Crippen MR) is 294 cm³/mol. The summed E-state index contributed by atoms with van der Waals surface area (Å²) in [5.74, 6) is 9.61. The lowest BCUT2D eigenvalue weighted by molar-refractivity contribution is -0.199. The number of fused-ring (bicyclic) bond motifs is 2. The summed E-state index contributed by atoms with van der Waals surface area (Å²) in [4.78, 5) is 81.7. The summed E-state index contributed by atoms with van der Waals surface area (Å²) >= 11 is 3.97. The quantitative estimate of drug-likeness (QED) is 0.0347. The number of benzene rings is 2. The fourth-order valence-corrected chi connectivity index (χ4v) is 4.37. The van der Waals surface area contributed by atoms with Gasteiger partial charge in [0.1, 0.15) is 0 Å². The summed E-state index contributed by atoms with van der Waals surface area (Å²) in [5.41, 5.74) is 18.0. The number of allylic oxidation sites excluding steroid dienone is 1. The first-order valence-corrected chi connectivity index (χ1v) is 23.6. The summed E-state index contributed by atoms with van der Waals surface area (Å²) in [6.45, 7) is 36.8. The first kappa shape index (κ1) is 74.2. The fraction of sp³-hybridized carbons (Fsp3) is 0.556. The van der Waals surface area contributed by atoms with E-state index in [2.05, 4.69) is 70.5 Å². The van der Waals surface area contributed by atoms with Crippen molar-refractivity contribution in [3.05, 3.63) is 100.0 Å². The third kappa shape index (κ3) is 35.1. The first-order valence-electron chi connectivity index (χ1n) is 23.1. The summed E-state index contributed by atoms with van der Waals surface area (Å²) in [6.07, 6.45) is 3.01. The van der Waals surface area contributed by atoms with Crippen molar-refractivity contribution in [3.8, 4) is 11.8 Å². The molecule has 2 aromatic carbocycles. The van der Waals surface area contributed by atoms with Crippen molar-refractivity contribution in [2.24, 2.45) is 34.5 Å². The van der Waals surface area contributed by atoms with Crippen molar-refractivity contribution in [2.45, 2.75) is 181 Å². The van der Waals surface area contributed by atoms with Gasteiger partial charge in [-0.05, 0) is 81.1 Å². The molecule has 1 saturated heterocycles. The zero-order valence-corrected chi connectivity index (χ0v) is 45.2. The Morgan fingerprint density at radius 2 is 1.14 bits per heavy atom. The van der Waals surface area contributed by atoms with Gasteiger partial charge < -0.3 is 20.3 Å². The van der Waals surface area contributed by atoms with Crippen LogP contribution in [0.25, 0.3) is 10.4 Å². The normalized spacial score (nSPS) is 12.5. The molecule has 0 unspecified atom stereocenters. The minimum Gasteiger partial charge on any atom is -0.330 e. The van der Waals surface area contributed by atoms with E-state index in [9.17, 15) is 28.8 Å². The lowest BCUT2D eigenvalue weighted by atomic mass is 10.0. The average Bonchev–Trinajstić information content (AvgIpc) is 3.76. The van der Waals surface area contributed by atoms with E-state index >= 15 is 0 Å². The monoisotopic (exact) mass is 1010 g/mol. The highest BCUT2D eigenvalue weighted by Crippen LogP contribution is 2.26. The van der Waals surface area contributed by atoms with Crippen molar-refractivity contribution in [2.75, 3.05) is 4.90 Å². The van der Waals surface area contributed by atoms with Crippen LogP contribution in [-0.4, -0.2) is 74.9 Å². The van der Waals surface area contributed by atoms with Crippen LogP contribution in [0.4, 0.5) is 5.69 Å². The van der Waals surface area contributed by atoms with Gasteiger partial charge in [0.25, 0.3) is 23.6 Å². The molecule has 0 saturated carbocycles. The third-order valence-corrected chi connectivity index (χ3v) is 8.19. The number of imide groups is 2. The molecule has 3 aliphatic rings. The number of hydrogen-bond acceptors (Lipinski definition) is 12. The van der Waals surface area contributed by atoms with Crippen LogP contribution >= 0.6 is 12.6 Å². The van der Waals surface area contributed by atoms with Crippen LogP contribution in [0.15, 0.2) is 77.9 Å². The van der Waals surface area contributed by atoms with Crippen molar-refractivity contribution in [3.63, 3.8) is 0 Å². The highest BCUT2D eigenvalue weighted by atomic mass is 32.1. The largest absolute Gasteiger partial charge is 0.335 e. The molecular weight excluding hydrogens is 921 g/mol. The number of carbonyl (C=O) groups excluding carboxylic acids is 6. The number of nitrogens with two attached hydrogens (primary N) is 2. The Hall–Kier alpha value is -5.76. The molecule has 1 fully saturated rings. The molecule has 400 valence electrons. The second-order valence-electron chi connectivity index (χ2n) is 17.9. The lowest BCUT2D eigenvalue weighted by Crippen LogP contribution is -2.36. The van der Waals surface area contributed by atoms with E-state index in [1.165, 1.54) is 22.6 Å². The average molecular weight is 1010 g/mol. The van der Waals surface area contributed by atoms with E-state index in [1.807, 2.05) is 143 Å². The number of nitrogens with zero attached hydrogens (tertiary/aromatic N) is 6. The smallest absolute Gasteiger partial charge is 0.330 e. The Kier molecular flexibility index (Phi) is 42.8. The molecule has 3 heterocycles. The maximum Gasteiger partial charge on any atom is 0.335 e. The number of rotatable bonds is 7. The van der Waals surface area contributed by atoms with Gasteiger partial charge in [-0.3, -0.25) is 28.9 Å². The Morgan fingerprint density at radius 1 is 0.746 bits per heavy atom. The number of anilines is 1. The molecule has 0 bridgehead atoms. The number of amides is 5. The van der Waals surface area contributed by atoms with E-state index in [0.717, 1.165) is 22.4 Å². The number of hydroxylamine groups is 2. The van der Waals surface area contributed by atoms with Gasteiger partial charge in [-0.2, -0.15) is 12.6 Å². The van der Waals surface area contributed by atoms with Crippen LogP contribution in [0.5, 0.6) is 0 Å². The van der Waals surface area contributed by atoms with Crippen LogP contribution in [0.3, 0.4) is 0 Å². The van der Waals surface area contributed by atoms with Gasteiger partial charge in [-0.15, -0.1) is 5.06 Å². The lowest BCUT2D eigenvalue weighted by Gasteiger charge is -2.27. The van der Waals surface area contributed by atoms with Crippen LogP contribution in [0.2, 0.25) is 0 Å². The van der Waals surface area contributed by atoms with Gasteiger partial charge >= 0.3 is 5.97 Å². The fourth-order valence-electron chi connectivity index (χ4n) is 4.37. The minimum absolute atomic E-state index is 0. The molecule has 2 aromatic rings. The zero-order chi connectivity index (χ0) is 54.1. The molecule has 16 nitrogen and oxygen atoms in total. The molecule has 5 rings (SSSR count). The highest BCUT2D eigenvalue weighted by Gasteiger charge is 2.33. The Labute approximate surface area is 433 Å². The molecule has 0 aliphatic carbocycles. The molecule has 0 radical (unpaired) electrons. The van der Waals surface area contributed by atoms with E-state index in [1.54, 1.807) is 13.8 Å². The summed E-state index contributed by atoms with van der Waals surface area (Å²) in [7, 11) is 0. The highest BCUT2D eigenvalue weighted by molar-refractivity contribution is 7.80. The maximum atomic E-state index is 12.6. The molecule has 4 N–H and O–H groups in total. The second kappa shape index (κ2) is 40.9. The minimum atomic E-state index is -0.566. The molecule has 3 aliphatic heterocycles. The number of hydrogen-bond donors (Lipinski definition) is 3. The molecule has 5 amide bonds. The van der Waals surface area contributed by atoms with E-state index in [4.69, 9.17) is 11.3 Å². The molecule has 0 aromatic heterocycles. The van der Waals surface area contributed by atoms with E-state index in [0.29, 0.717) is 28.8 Å². The van der Waals surface area contributed by atoms with Crippen molar-refractivity contribution in [1.29, 1.82) is 0 Å². The Balaban J connectivity index is -0.000000253. The molecule has 71 heavy (non-hydrogen) atoms. The number of para-hydroxylation sites is 1. The van der Waals surface area contributed by atoms with Gasteiger partial charge in [0.2, 0.25) is 5.91 Å². The maximum absolute atomic E-state index is 12.6. The van der Waals surface area contributed by atoms with Crippen LogP contribution < -0.4 is 16.5 Å².